The number of hydrogen-bond acceptors (Lipinski definition) is 4. The minimum absolute atomic E-state index is 0.102. The molecule has 6 nitrogen and oxygen atoms in total. The van der Waals surface area contributed by atoms with Gasteiger partial charge < -0.3 is 14.7 Å². The molecule has 2 unspecified atom stereocenters. The molecule has 1 saturated carbocycles. The quantitative estimate of drug-likeness (QED) is 0.911. The molecular formula is C15H25N3O3. The molecule has 0 spiro atoms. The third kappa shape index (κ3) is 3.20. The normalized spacial score (nSPS) is 22.1. The molecular weight excluding hydrogens is 270 g/mol. The third-order valence-electron chi connectivity index (χ3n) is 4.30. The van der Waals surface area contributed by atoms with Gasteiger partial charge in [-0.05, 0) is 19.8 Å². The number of aryl methyl sites for hydroxylation is 2. The predicted molar refractivity (Wildman–Crippen MR) is 79.4 cm³/mol. The molecule has 1 amide bonds. The molecule has 6 heteroatoms. The summed E-state index contributed by atoms with van der Waals surface area (Å²) in [7, 11) is 5.07. The van der Waals surface area contributed by atoms with E-state index in [0.717, 1.165) is 25.7 Å². The second-order valence-electron chi connectivity index (χ2n) is 5.89. The molecule has 1 aliphatic rings. The number of aromatic nitrogens is 2. The van der Waals surface area contributed by atoms with Crippen LogP contribution in [-0.2, 0) is 7.05 Å². The maximum Gasteiger partial charge on any atom is 0.261 e. The van der Waals surface area contributed by atoms with Gasteiger partial charge in [-0.1, -0.05) is 12.8 Å². The van der Waals surface area contributed by atoms with E-state index < -0.39 is 0 Å². The number of carbonyl (C=O) groups is 1. The van der Waals surface area contributed by atoms with Gasteiger partial charge in [0.05, 0.1) is 18.9 Å². The van der Waals surface area contributed by atoms with Crippen LogP contribution in [-0.4, -0.2) is 52.5 Å². The molecule has 1 aromatic heterocycles. The molecule has 1 heterocycles. The lowest BCUT2D eigenvalue weighted by atomic mass is 9.86. The molecule has 21 heavy (non-hydrogen) atoms. The summed E-state index contributed by atoms with van der Waals surface area (Å²) in [6.45, 7) is 2.37. The van der Waals surface area contributed by atoms with Crippen molar-refractivity contribution in [1.82, 2.24) is 14.7 Å². The molecule has 0 aromatic carbocycles. The van der Waals surface area contributed by atoms with E-state index in [9.17, 15) is 9.90 Å². The lowest BCUT2D eigenvalue weighted by Gasteiger charge is -2.31. The van der Waals surface area contributed by atoms with Crippen molar-refractivity contribution in [1.29, 1.82) is 0 Å². The summed E-state index contributed by atoms with van der Waals surface area (Å²) in [5.74, 6) is 0.541. The van der Waals surface area contributed by atoms with E-state index in [1.54, 1.807) is 30.6 Å². The van der Waals surface area contributed by atoms with Gasteiger partial charge in [-0.2, -0.15) is 5.10 Å². The fourth-order valence-electron chi connectivity index (χ4n) is 3.14. The van der Waals surface area contributed by atoms with Crippen LogP contribution < -0.4 is 4.74 Å². The monoisotopic (exact) mass is 295 g/mol. The van der Waals surface area contributed by atoms with Gasteiger partial charge >= 0.3 is 0 Å². The fraction of sp³-hybridized carbons (Fsp3) is 0.733. The molecule has 118 valence electrons. The van der Waals surface area contributed by atoms with E-state index in [-0.39, 0.29) is 17.9 Å². The van der Waals surface area contributed by atoms with Crippen molar-refractivity contribution in [2.24, 2.45) is 13.0 Å². The average molecular weight is 295 g/mol. The summed E-state index contributed by atoms with van der Waals surface area (Å²) in [6.07, 6.45) is 3.71. The highest BCUT2D eigenvalue weighted by Gasteiger charge is 2.29. The summed E-state index contributed by atoms with van der Waals surface area (Å²) in [5.41, 5.74) is 1.17. The number of hydrogen-bond donors (Lipinski definition) is 1. The van der Waals surface area contributed by atoms with Crippen molar-refractivity contribution in [2.45, 2.75) is 38.7 Å². The number of methoxy groups -OCH3 is 1. The topological polar surface area (TPSA) is 67.6 Å². The van der Waals surface area contributed by atoms with Crippen LogP contribution in [0.2, 0.25) is 0 Å². The Bertz CT molecular complexity index is 513. The summed E-state index contributed by atoms with van der Waals surface area (Å²) in [6, 6.07) is 0. The van der Waals surface area contributed by atoms with E-state index in [0.29, 0.717) is 23.7 Å². The number of aliphatic hydroxyl groups excluding tert-OH is 1. The first-order valence-electron chi connectivity index (χ1n) is 7.46. The smallest absolute Gasteiger partial charge is 0.261 e. The van der Waals surface area contributed by atoms with E-state index in [4.69, 9.17) is 4.74 Å². The van der Waals surface area contributed by atoms with Crippen molar-refractivity contribution < 1.29 is 14.6 Å². The van der Waals surface area contributed by atoms with Crippen molar-refractivity contribution >= 4 is 5.91 Å². The van der Waals surface area contributed by atoms with Crippen molar-refractivity contribution in [3.8, 4) is 5.88 Å². The van der Waals surface area contributed by atoms with Gasteiger partial charge in [-0.25, -0.2) is 4.68 Å². The molecule has 2 atom stereocenters. The minimum atomic E-state index is -0.300. The maximum atomic E-state index is 12.6. The molecule has 2 rings (SSSR count). The van der Waals surface area contributed by atoms with Crippen LogP contribution in [0.1, 0.15) is 41.7 Å². The summed E-state index contributed by atoms with van der Waals surface area (Å²) in [5, 5.41) is 14.3. The zero-order valence-electron chi connectivity index (χ0n) is 13.3. The van der Waals surface area contributed by atoms with Gasteiger partial charge in [0.1, 0.15) is 5.56 Å². The number of nitrogens with zero attached hydrogens (tertiary/aromatic N) is 3. The number of carbonyl (C=O) groups excluding carboxylic acids is 1. The molecule has 1 aromatic rings. The Labute approximate surface area is 125 Å². The fourth-order valence-corrected chi connectivity index (χ4v) is 3.14. The Morgan fingerprint density at radius 2 is 2.14 bits per heavy atom. The highest BCUT2D eigenvalue weighted by Crippen LogP contribution is 2.27. The zero-order chi connectivity index (χ0) is 15.6. The molecule has 1 N–H and O–H groups in total. The lowest BCUT2D eigenvalue weighted by molar-refractivity contribution is 0.0449. The molecule has 0 radical (unpaired) electrons. The summed E-state index contributed by atoms with van der Waals surface area (Å²) < 4.78 is 6.86. The summed E-state index contributed by atoms with van der Waals surface area (Å²) >= 11 is 0. The minimum Gasteiger partial charge on any atom is -0.481 e. The van der Waals surface area contributed by atoms with Gasteiger partial charge in [-0.15, -0.1) is 0 Å². The maximum absolute atomic E-state index is 12.6. The highest BCUT2D eigenvalue weighted by molar-refractivity contribution is 5.97. The van der Waals surface area contributed by atoms with Crippen LogP contribution in [0.4, 0.5) is 0 Å². The van der Waals surface area contributed by atoms with Crippen molar-refractivity contribution in [3.63, 3.8) is 0 Å². The van der Waals surface area contributed by atoms with Gasteiger partial charge in [0.2, 0.25) is 5.88 Å². The highest BCUT2D eigenvalue weighted by atomic mass is 16.5. The van der Waals surface area contributed by atoms with Gasteiger partial charge in [-0.3, -0.25) is 4.79 Å². The van der Waals surface area contributed by atoms with Crippen LogP contribution in [0.25, 0.3) is 0 Å². The van der Waals surface area contributed by atoms with Crippen LogP contribution in [0.5, 0.6) is 5.88 Å². The van der Waals surface area contributed by atoms with Crippen LogP contribution in [0.15, 0.2) is 0 Å². The Morgan fingerprint density at radius 1 is 1.48 bits per heavy atom. The average Bonchev–Trinajstić information content (AvgIpc) is 2.74. The van der Waals surface area contributed by atoms with E-state index in [1.165, 1.54) is 7.11 Å². The SMILES string of the molecule is COc1c(C(=O)N(C)CC2CCCCC2O)c(C)nn1C. The summed E-state index contributed by atoms with van der Waals surface area (Å²) in [4.78, 5) is 14.3. The molecule has 1 aliphatic carbocycles. The van der Waals surface area contributed by atoms with E-state index in [2.05, 4.69) is 5.10 Å². The van der Waals surface area contributed by atoms with E-state index in [1.807, 2.05) is 0 Å². The van der Waals surface area contributed by atoms with Crippen LogP contribution in [0.3, 0.4) is 0 Å². The second-order valence-corrected chi connectivity index (χ2v) is 5.89. The number of amides is 1. The van der Waals surface area contributed by atoms with Gasteiger partial charge in [0.15, 0.2) is 0 Å². The largest absolute Gasteiger partial charge is 0.481 e. The third-order valence-corrected chi connectivity index (χ3v) is 4.30. The predicted octanol–water partition coefficient (Wildman–Crippen LogP) is 1.36. The number of rotatable bonds is 4. The number of ether oxygens (including phenoxy) is 1. The first-order chi connectivity index (χ1) is 9.95. The molecule has 0 saturated heterocycles. The standard InChI is InChI=1S/C15H25N3O3/c1-10-13(15(21-4)18(3)16-10)14(20)17(2)9-11-7-5-6-8-12(11)19/h11-12,19H,5-9H2,1-4H3. The van der Waals surface area contributed by atoms with Crippen molar-refractivity contribution in [3.05, 3.63) is 11.3 Å². The second kappa shape index (κ2) is 6.47. The Hall–Kier alpha value is -1.56. The van der Waals surface area contributed by atoms with Crippen molar-refractivity contribution in [2.75, 3.05) is 20.7 Å². The Balaban J connectivity index is 2.12. The zero-order valence-corrected chi connectivity index (χ0v) is 13.3. The van der Waals surface area contributed by atoms with Gasteiger partial charge in [0, 0.05) is 26.6 Å². The van der Waals surface area contributed by atoms with Crippen LogP contribution >= 0.6 is 0 Å². The Kier molecular flexibility index (Phi) is 4.88. The number of aliphatic hydroxyl groups is 1. The first kappa shape index (κ1) is 15.8. The first-order valence-corrected chi connectivity index (χ1v) is 7.46. The van der Waals surface area contributed by atoms with E-state index >= 15 is 0 Å². The molecule has 1 fully saturated rings. The molecule has 0 bridgehead atoms. The van der Waals surface area contributed by atoms with Gasteiger partial charge in [0.25, 0.3) is 5.91 Å². The lowest BCUT2D eigenvalue weighted by Crippen LogP contribution is -2.38. The Morgan fingerprint density at radius 3 is 2.76 bits per heavy atom. The van der Waals surface area contributed by atoms with Crippen LogP contribution in [0, 0.1) is 12.8 Å². The molecule has 0 aliphatic heterocycles.